The lowest BCUT2D eigenvalue weighted by atomic mass is 9.94. The molecular formula is C21H23NO2. The van der Waals surface area contributed by atoms with Gasteiger partial charge in [0.25, 0.3) is 0 Å². The molecule has 0 aromatic heterocycles. The van der Waals surface area contributed by atoms with Crippen molar-refractivity contribution in [3.05, 3.63) is 71.3 Å². The Kier molecular flexibility index (Phi) is 5.78. The molecule has 0 bridgehead atoms. The van der Waals surface area contributed by atoms with Gasteiger partial charge in [-0.3, -0.25) is 4.79 Å². The fourth-order valence-corrected chi connectivity index (χ4v) is 2.17. The van der Waals surface area contributed by atoms with Gasteiger partial charge in [0.1, 0.15) is 5.41 Å². The van der Waals surface area contributed by atoms with Crippen molar-refractivity contribution in [3.8, 4) is 11.8 Å². The molecule has 1 atom stereocenters. The minimum absolute atomic E-state index is 0.256. The van der Waals surface area contributed by atoms with E-state index < -0.39 is 11.4 Å². The Morgan fingerprint density at radius 1 is 1.17 bits per heavy atom. The molecule has 0 spiro atoms. The summed E-state index contributed by atoms with van der Waals surface area (Å²) in [4.78, 5) is 11.1. The van der Waals surface area contributed by atoms with Gasteiger partial charge in [-0.2, -0.15) is 0 Å². The van der Waals surface area contributed by atoms with Gasteiger partial charge >= 0.3 is 5.97 Å². The van der Waals surface area contributed by atoms with Crippen LogP contribution >= 0.6 is 0 Å². The van der Waals surface area contributed by atoms with Crippen molar-refractivity contribution < 1.29 is 9.90 Å². The molecule has 0 aliphatic heterocycles. The van der Waals surface area contributed by atoms with Crippen molar-refractivity contribution in [1.29, 1.82) is 0 Å². The van der Waals surface area contributed by atoms with Gasteiger partial charge in [0.05, 0.1) is 0 Å². The smallest absolute Gasteiger partial charge is 0.321 e. The Hall–Kier alpha value is -2.57. The van der Waals surface area contributed by atoms with Crippen molar-refractivity contribution in [2.45, 2.75) is 33.4 Å². The zero-order valence-corrected chi connectivity index (χ0v) is 14.3. The Morgan fingerprint density at radius 2 is 1.88 bits per heavy atom. The van der Waals surface area contributed by atoms with E-state index in [0.29, 0.717) is 0 Å². The van der Waals surface area contributed by atoms with Crippen LogP contribution in [0.2, 0.25) is 0 Å². The second-order valence-corrected chi connectivity index (χ2v) is 6.39. The number of rotatable bonds is 5. The van der Waals surface area contributed by atoms with Gasteiger partial charge in [0, 0.05) is 18.2 Å². The maximum absolute atomic E-state index is 11.1. The molecule has 0 amide bonds. The summed E-state index contributed by atoms with van der Waals surface area (Å²) in [5.74, 6) is 4.88. The van der Waals surface area contributed by atoms with Gasteiger partial charge in [-0.05, 0) is 44.0 Å². The van der Waals surface area contributed by atoms with Gasteiger partial charge < -0.3 is 10.4 Å². The van der Waals surface area contributed by atoms with E-state index >= 15 is 0 Å². The highest BCUT2D eigenvalue weighted by Crippen LogP contribution is 2.15. The van der Waals surface area contributed by atoms with Crippen LogP contribution in [0.25, 0.3) is 0 Å². The van der Waals surface area contributed by atoms with Crippen LogP contribution in [0.15, 0.2) is 54.6 Å². The first kappa shape index (κ1) is 17.8. The van der Waals surface area contributed by atoms with Crippen LogP contribution in [0.5, 0.6) is 0 Å². The molecule has 0 aliphatic rings. The Balaban J connectivity index is 2.03. The predicted octanol–water partition coefficient (Wildman–Crippen LogP) is 4.00. The molecule has 0 aliphatic carbocycles. The highest BCUT2D eigenvalue weighted by atomic mass is 16.4. The van der Waals surface area contributed by atoms with Crippen LogP contribution in [0, 0.1) is 17.3 Å². The monoisotopic (exact) mass is 321 g/mol. The van der Waals surface area contributed by atoms with E-state index in [4.69, 9.17) is 5.11 Å². The molecule has 1 unspecified atom stereocenters. The Bertz CT molecular complexity index is 754. The van der Waals surface area contributed by atoms with Crippen molar-refractivity contribution in [1.82, 2.24) is 5.32 Å². The number of benzene rings is 2. The molecule has 124 valence electrons. The van der Waals surface area contributed by atoms with E-state index in [0.717, 1.165) is 17.7 Å². The second kappa shape index (κ2) is 7.81. The van der Waals surface area contributed by atoms with Crippen LogP contribution in [0.4, 0.5) is 0 Å². The minimum Gasteiger partial charge on any atom is -0.480 e. The number of hydrogen-bond acceptors (Lipinski definition) is 2. The molecule has 2 N–H and O–H groups in total. The molecule has 0 fully saturated rings. The van der Waals surface area contributed by atoms with E-state index in [-0.39, 0.29) is 6.04 Å². The maximum atomic E-state index is 11.1. The lowest BCUT2D eigenvalue weighted by Crippen LogP contribution is -2.21. The molecule has 2 aromatic rings. The summed E-state index contributed by atoms with van der Waals surface area (Å²) in [6.07, 6.45) is 0. The molecule has 0 saturated heterocycles. The lowest BCUT2D eigenvalue weighted by Gasteiger charge is -2.14. The van der Waals surface area contributed by atoms with Gasteiger partial charge in [0.15, 0.2) is 0 Å². The first-order valence-electron chi connectivity index (χ1n) is 8.02. The first-order chi connectivity index (χ1) is 11.4. The van der Waals surface area contributed by atoms with E-state index in [1.165, 1.54) is 5.56 Å². The highest BCUT2D eigenvalue weighted by molar-refractivity contribution is 5.77. The topological polar surface area (TPSA) is 49.3 Å². The third kappa shape index (κ3) is 4.97. The molecule has 2 rings (SSSR count). The molecule has 0 radical (unpaired) electrons. The normalized spacial score (nSPS) is 12.1. The van der Waals surface area contributed by atoms with Crippen molar-refractivity contribution >= 4 is 5.97 Å². The summed E-state index contributed by atoms with van der Waals surface area (Å²) >= 11 is 0. The largest absolute Gasteiger partial charge is 0.480 e. The number of nitrogens with one attached hydrogen (secondary N) is 1. The molecule has 3 heteroatoms. The number of carboxylic acids is 1. The fourth-order valence-electron chi connectivity index (χ4n) is 2.17. The summed E-state index contributed by atoms with van der Waals surface area (Å²) in [6, 6.07) is 18.4. The van der Waals surface area contributed by atoms with Crippen LogP contribution in [0.1, 0.15) is 43.5 Å². The predicted molar refractivity (Wildman–Crippen MR) is 96.4 cm³/mol. The van der Waals surface area contributed by atoms with Crippen molar-refractivity contribution in [2.24, 2.45) is 5.41 Å². The average molecular weight is 321 g/mol. The average Bonchev–Trinajstić information content (AvgIpc) is 2.59. The first-order valence-corrected chi connectivity index (χ1v) is 8.02. The van der Waals surface area contributed by atoms with Crippen molar-refractivity contribution in [2.75, 3.05) is 0 Å². The van der Waals surface area contributed by atoms with Crippen LogP contribution in [0.3, 0.4) is 0 Å². The zero-order chi connectivity index (χ0) is 17.6. The number of carboxylic acid groups (broad SMARTS) is 1. The van der Waals surface area contributed by atoms with Crippen LogP contribution in [-0.4, -0.2) is 11.1 Å². The van der Waals surface area contributed by atoms with Gasteiger partial charge in [-0.15, -0.1) is 0 Å². The summed E-state index contributed by atoms with van der Waals surface area (Å²) in [5.41, 5.74) is 2.15. The summed E-state index contributed by atoms with van der Waals surface area (Å²) in [7, 11) is 0. The summed E-state index contributed by atoms with van der Waals surface area (Å²) < 4.78 is 0. The van der Waals surface area contributed by atoms with E-state index in [1.807, 2.05) is 42.5 Å². The van der Waals surface area contributed by atoms with Crippen LogP contribution in [-0.2, 0) is 11.3 Å². The van der Waals surface area contributed by atoms with Gasteiger partial charge in [-0.25, -0.2) is 0 Å². The van der Waals surface area contributed by atoms with Gasteiger partial charge in [-0.1, -0.05) is 54.3 Å². The van der Waals surface area contributed by atoms with Gasteiger partial charge in [0.2, 0.25) is 0 Å². The lowest BCUT2D eigenvalue weighted by molar-refractivity contribution is -0.143. The Labute approximate surface area is 143 Å². The molecule has 24 heavy (non-hydrogen) atoms. The third-order valence-electron chi connectivity index (χ3n) is 3.89. The standard InChI is InChI=1S/C21H23NO2/c1-16(19-10-5-4-6-11-19)22-15-18-9-7-8-17(14-18)12-13-21(2,3)20(23)24/h4-11,14,16,22H,15H2,1-3H3,(H,23,24). The SMILES string of the molecule is CC(NCc1cccc(C#CC(C)(C)C(=O)O)c1)c1ccccc1. The van der Waals surface area contributed by atoms with Crippen LogP contribution < -0.4 is 5.32 Å². The zero-order valence-electron chi connectivity index (χ0n) is 14.3. The summed E-state index contributed by atoms with van der Waals surface area (Å²) in [5, 5.41) is 12.6. The number of aliphatic carboxylic acids is 1. The molecule has 3 nitrogen and oxygen atoms in total. The number of carbonyl (C=O) groups is 1. The molecule has 2 aromatic carbocycles. The molecular weight excluding hydrogens is 298 g/mol. The third-order valence-corrected chi connectivity index (χ3v) is 3.89. The summed E-state index contributed by atoms with van der Waals surface area (Å²) in [6.45, 7) is 6.08. The van der Waals surface area contributed by atoms with E-state index in [9.17, 15) is 4.79 Å². The number of hydrogen-bond donors (Lipinski definition) is 2. The van der Waals surface area contributed by atoms with E-state index in [2.05, 4.69) is 36.2 Å². The van der Waals surface area contributed by atoms with E-state index in [1.54, 1.807) is 13.8 Å². The molecule has 0 heterocycles. The maximum Gasteiger partial charge on any atom is 0.321 e. The van der Waals surface area contributed by atoms with Crippen molar-refractivity contribution in [3.63, 3.8) is 0 Å². The quantitative estimate of drug-likeness (QED) is 0.818. The minimum atomic E-state index is -1.05. The molecule has 0 saturated carbocycles. The second-order valence-electron chi connectivity index (χ2n) is 6.39. The fraction of sp³-hybridized carbons (Fsp3) is 0.286. The Morgan fingerprint density at radius 3 is 2.54 bits per heavy atom. The highest BCUT2D eigenvalue weighted by Gasteiger charge is 2.23.